The predicted octanol–water partition coefficient (Wildman–Crippen LogP) is 3.10. The zero-order valence-corrected chi connectivity index (χ0v) is 15.3. The molecular formula is C19H23N5O3. The van der Waals surface area contributed by atoms with Gasteiger partial charge in [-0.2, -0.15) is 0 Å². The molecule has 1 aromatic carbocycles. The Morgan fingerprint density at radius 3 is 3.11 bits per heavy atom. The van der Waals surface area contributed by atoms with Gasteiger partial charge in [0.1, 0.15) is 5.82 Å². The Balaban J connectivity index is 1.44. The number of H-pyrrole nitrogens is 1. The number of oxazole rings is 1. The van der Waals surface area contributed by atoms with Crippen LogP contribution in [0.4, 0.5) is 10.5 Å². The smallest absolute Gasteiger partial charge is 0.408 e. The van der Waals surface area contributed by atoms with Crippen LogP contribution < -0.4 is 11.1 Å². The molecule has 1 saturated heterocycles. The molecular weight excluding hydrogens is 346 g/mol. The van der Waals surface area contributed by atoms with Crippen molar-refractivity contribution < 1.29 is 9.21 Å². The zero-order chi connectivity index (χ0) is 18.8. The lowest BCUT2D eigenvalue weighted by Crippen LogP contribution is -2.46. The summed E-state index contributed by atoms with van der Waals surface area (Å²) < 4.78 is 7.18. The number of aryl methyl sites for hydroxylation is 2. The number of nitrogens with one attached hydrogen (secondary N) is 2. The van der Waals surface area contributed by atoms with Gasteiger partial charge in [0.15, 0.2) is 5.58 Å². The third kappa shape index (κ3) is 3.74. The number of urea groups is 1. The molecule has 8 nitrogen and oxygen atoms in total. The van der Waals surface area contributed by atoms with Gasteiger partial charge in [-0.3, -0.25) is 4.98 Å². The van der Waals surface area contributed by atoms with Crippen LogP contribution in [0.5, 0.6) is 0 Å². The number of nitrogens with zero attached hydrogens (tertiary/aromatic N) is 3. The fourth-order valence-electron chi connectivity index (χ4n) is 3.71. The van der Waals surface area contributed by atoms with Crippen molar-refractivity contribution in [3.8, 4) is 0 Å². The van der Waals surface area contributed by atoms with Crippen molar-refractivity contribution in [2.24, 2.45) is 0 Å². The van der Waals surface area contributed by atoms with E-state index < -0.39 is 5.76 Å². The number of aromatic nitrogens is 3. The van der Waals surface area contributed by atoms with E-state index in [-0.39, 0.29) is 12.1 Å². The number of imidazole rings is 1. The van der Waals surface area contributed by atoms with Crippen molar-refractivity contribution in [1.82, 2.24) is 19.4 Å². The van der Waals surface area contributed by atoms with Crippen molar-refractivity contribution in [1.29, 1.82) is 0 Å². The van der Waals surface area contributed by atoms with Gasteiger partial charge >= 0.3 is 11.8 Å². The molecule has 142 valence electrons. The normalized spacial score (nSPS) is 17.4. The second-order valence-corrected chi connectivity index (χ2v) is 6.96. The highest BCUT2D eigenvalue weighted by molar-refractivity contribution is 5.91. The number of rotatable bonds is 4. The standard InChI is InChI=1S/C19H23N5O3/c1-13-20-8-11-23(13)10-7-15-4-2-3-9-24(15)18(25)21-14-5-6-16-17(12-14)27-19(26)22-16/h5-6,8,11-12,15H,2-4,7,9-10H2,1H3,(H,21,25)(H,22,26)/t15-/m1/s1. The minimum Gasteiger partial charge on any atom is -0.408 e. The highest BCUT2D eigenvalue weighted by Crippen LogP contribution is 2.23. The number of likely N-dealkylation sites (tertiary alicyclic amines) is 1. The van der Waals surface area contributed by atoms with Crippen LogP contribution in [-0.4, -0.2) is 38.1 Å². The largest absolute Gasteiger partial charge is 0.417 e. The monoisotopic (exact) mass is 369 g/mol. The molecule has 0 radical (unpaired) electrons. The minimum absolute atomic E-state index is 0.112. The van der Waals surface area contributed by atoms with Gasteiger partial charge in [0.2, 0.25) is 0 Å². The Bertz CT molecular complexity index is 1000. The van der Waals surface area contributed by atoms with E-state index in [0.717, 1.165) is 44.6 Å². The van der Waals surface area contributed by atoms with Gasteiger partial charge in [0.25, 0.3) is 0 Å². The minimum atomic E-state index is -0.501. The Hall–Kier alpha value is -3.03. The summed E-state index contributed by atoms with van der Waals surface area (Å²) in [5.74, 6) is 0.488. The van der Waals surface area contributed by atoms with Crippen LogP contribution in [0.25, 0.3) is 11.1 Å². The summed E-state index contributed by atoms with van der Waals surface area (Å²) >= 11 is 0. The summed E-state index contributed by atoms with van der Waals surface area (Å²) in [4.78, 5) is 32.9. The molecule has 3 aromatic rings. The summed E-state index contributed by atoms with van der Waals surface area (Å²) in [5, 5.41) is 2.94. The lowest BCUT2D eigenvalue weighted by molar-refractivity contribution is 0.155. The van der Waals surface area contributed by atoms with Crippen LogP contribution in [0.3, 0.4) is 0 Å². The van der Waals surface area contributed by atoms with Crippen LogP contribution in [0.1, 0.15) is 31.5 Å². The number of benzene rings is 1. The summed E-state index contributed by atoms with van der Waals surface area (Å²) in [6, 6.07) is 5.25. The van der Waals surface area contributed by atoms with Gasteiger partial charge in [0.05, 0.1) is 5.52 Å². The second kappa shape index (κ2) is 7.30. The molecule has 0 bridgehead atoms. The van der Waals surface area contributed by atoms with E-state index >= 15 is 0 Å². The Morgan fingerprint density at radius 2 is 2.30 bits per heavy atom. The van der Waals surface area contributed by atoms with E-state index in [1.807, 2.05) is 18.0 Å². The highest BCUT2D eigenvalue weighted by Gasteiger charge is 2.26. The van der Waals surface area contributed by atoms with Crippen LogP contribution in [-0.2, 0) is 6.54 Å². The van der Waals surface area contributed by atoms with Crippen LogP contribution in [0.15, 0.2) is 39.8 Å². The first kappa shape index (κ1) is 17.4. The fourth-order valence-corrected chi connectivity index (χ4v) is 3.71. The zero-order valence-electron chi connectivity index (χ0n) is 15.3. The average Bonchev–Trinajstić information content (AvgIpc) is 3.24. The average molecular weight is 369 g/mol. The Labute approximate surface area is 156 Å². The molecule has 8 heteroatoms. The van der Waals surface area contributed by atoms with Crippen molar-refractivity contribution >= 4 is 22.8 Å². The first-order valence-electron chi connectivity index (χ1n) is 9.28. The maximum atomic E-state index is 12.8. The van der Waals surface area contributed by atoms with Gasteiger partial charge in [0, 0.05) is 43.3 Å². The Kier molecular flexibility index (Phi) is 4.70. The fraction of sp³-hybridized carbons (Fsp3) is 0.421. The summed E-state index contributed by atoms with van der Waals surface area (Å²) in [7, 11) is 0. The number of carbonyl (C=O) groups excluding carboxylic acids is 1. The maximum Gasteiger partial charge on any atom is 0.417 e. The molecule has 1 aliphatic rings. The van der Waals surface area contributed by atoms with Crippen molar-refractivity contribution in [3.05, 3.63) is 47.0 Å². The molecule has 2 amide bonds. The molecule has 27 heavy (non-hydrogen) atoms. The number of hydrogen-bond acceptors (Lipinski definition) is 4. The number of anilines is 1. The number of carbonyl (C=O) groups is 1. The first-order valence-corrected chi connectivity index (χ1v) is 9.28. The molecule has 2 aromatic heterocycles. The molecule has 0 spiro atoms. The summed E-state index contributed by atoms with van der Waals surface area (Å²) in [6.07, 6.45) is 7.83. The predicted molar refractivity (Wildman–Crippen MR) is 102 cm³/mol. The maximum absolute atomic E-state index is 12.8. The quantitative estimate of drug-likeness (QED) is 0.738. The molecule has 1 fully saturated rings. The van der Waals surface area contributed by atoms with Gasteiger partial charge in [-0.05, 0) is 44.7 Å². The summed E-state index contributed by atoms with van der Waals surface area (Å²) in [6.45, 7) is 3.59. The third-order valence-corrected chi connectivity index (χ3v) is 5.19. The molecule has 3 heterocycles. The molecule has 1 atom stereocenters. The molecule has 1 aliphatic heterocycles. The number of piperidine rings is 1. The lowest BCUT2D eigenvalue weighted by Gasteiger charge is -2.36. The van der Waals surface area contributed by atoms with Crippen LogP contribution >= 0.6 is 0 Å². The van der Waals surface area contributed by atoms with E-state index in [4.69, 9.17) is 4.42 Å². The van der Waals surface area contributed by atoms with E-state index in [1.165, 1.54) is 0 Å². The number of aromatic amines is 1. The van der Waals surface area contributed by atoms with E-state index in [9.17, 15) is 9.59 Å². The van der Waals surface area contributed by atoms with E-state index in [0.29, 0.717) is 16.8 Å². The Morgan fingerprint density at radius 1 is 1.41 bits per heavy atom. The van der Waals surface area contributed by atoms with Gasteiger partial charge in [-0.15, -0.1) is 0 Å². The SMILES string of the molecule is Cc1nccn1CC[C@H]1CCCCN1C(=O)Nc1ccc2[nH]c(=O)oc2c1. The highest BCUT2D eigenvalue weighted by atomic mass is 16.4. The van der Waals surface area contributed by atoms with Gasteiger partial charge in [-0.1, -0.05) is 0 Å². The second-order valence-electron chi connectivity index (χ2n) is 6.96. The van der Waals surface area contributed by atoms with Gasteiger partial charge < -0.3 is 19.2 Å². The topological polar surface area (TPSA) is 96.2 Å². The van der Waals surface area contributed by atoms with Crippen LogP contribution in [0.2, 0.25) is 0 Å². The van der Waals surface area contributed by atoms with Crippen LogP contribution in [0, 0.1) is 6.92 Å². The van der Waals surface area contributed by atoms with Crippen molar-refractivity contribution in [3.63, 3.8) is 0 Å². The van der Waals surface area contributed by atoms with Crippen molar-refractivity contribution in [2.75, 3.05) is 11.9 Å². The number of hydrogen-bond donors (Lipinski definition) is 2. The van der Waals surface area contributed by atoms with Crippen molar-refractivity contribution in [2.45, 2.75) is 45.2 Å². The number of amides is 2. The third-order valence-electron chi connectivity index (χ3n) is 5.19. The first-order chi connectivity index (χ1) is 13.1. The molecule has 4 rings (SSSR count). The summed E-state index contributed by atoms with van der Waals surface area (Å²) in [5.41, 5.74) is 1.66. The molecule has 0 unspecified atom stereocenters. The molecule has 2 N–H and O–H groups in total. The molecule has 0 saturated carbocycles. The molecule has 0 aliphatic carbocycles. The lowest BCUT2D eigenvalue weighted by atomic mass is 9.99. The van der Waals surface area contributed by atoms with E-state index in [1.54, 1.807) is 24.4 Å². The number of fused-ring (bicyclic) bond motifs is 1. The van der Waals surface area contributed by atoms with E-state index in [2.05, 4.69) is 19.9 Å². The van der Waals surface area contributed by atoms with Gasteiger partial charge in [-0.25, -0.2) is 14.6 Å².